The van der Waals surface area contributed by atoms with Gasteiger partial charge in [-0.3, -0.25) is 0 Å². The highest BCUT2D eigenvalue weighted by molar-refractivity contribution is 7.98. The van der Waals surface area contributed by atoms with Gasteiger partial charge in [0.15, 0.2) is 5.82 Å². The SMILES string of the molecule is Nc1nc(CSc2ccccc2)no1. The Kier molecular flexibility index (Phi) is 2.69. The topological polar surface area (TPSA) is 64.9 Å². The maximum atomic E-state index is 5.30. The number of thioether (sulfide) groups is 1. The summed E-state index contributed by atoms with van der Waals surface area (Å²) in [6.07, 6.45) is 0. The molecule has 0 amide bonds. The van der Waals surface area contributed by atoms with E-state index in [9.17, 15) is 0 Å². The summed E-state index contributed by atoms with van der Waals surface area (Å²) in [6.45, 7) is 0. The summed E-state index contributed by atoms with van der Waals surface area (Å²) in [7, 11) is 0. The number of aromatic nitrogens is 2. The molecule has 0 aliphatic heterocycles. The molecule has 2 rings (SSSR count). The van der Waals surface area contributed by atoms with Gasteiger partial charge in [0.2, 0.25) is 0 Å². The van der Waals surface area contributed by atoms with Crippen molar-refractivity contribution >= 4 is 17.8 Å². The Morgan fingerprint density at radius 3 is 2.71 bits per heavy atom. The molecular formula is C9H9N3OS. The van der Waals surface area contributed by atoms with Gasteiger partial charge in [0.25, 0.3) is 0 Å². The van der Waals surface area contributed by atoms with Crippen molar-refractivity contribution in [2.75, 3.05) is 5.73 Å². The number of rotatable bonds is 3. The molecule has 1 aromatic carbocycles. The van der Waals surface area contributed by atoms with Crippen LogP contribution in [0.3, 0.4) is 0 Å². The van der Waals surface area contributed by atoms with Crippen LogP contribution in [-0.2, 0) is 5.75 Å². The van der Waals surface area contributed by atoms with Crippen molar-refractivity contribution < 1.29 is 4.52 Å². The van der Waals surface area contributed by atoms with Crippen LogP contribution in [0.2, 0.25) is 0 Å². The lowest BCUT2D eigenvalue weighted by molar-refractivity contribution is 0.429. The van der Waals surface area contributed by atoms with Crippen molar-refractivity contribution in [3.05, 3.63) is 36.2 Å². The molecule has 72 valence electrons. The minimum Gasteiger partial charge on any atom is -0.351 e. The van der Waals surface area contributed by atoms with Crippen LogP contribution in [0.4, 0.5) is 6.01 Å². The Hall–Kier alpha value is -1.49. The van der Waals surface area contributed by atoms with Gasteiger partial charge >= 0.3 is 6.01 Å². The Morgan fingerprint density at radius 2 is 2.07 bits per heavy atom. The van der Waals surface area contributed by atoms with E-state index in [-0.39, 0.29) is 6.01 Å². The molecule has 0 fully saturated rings. The molecule has 0 saturated heterocycles. The van der Waals surface area contributed by atoms with Crippen LogP contribution in [0.5, 0.6) is 0 Å². The van der Waals surface area contributed by atoms with Crippen LogP contribution >= 0.6 is 11.8 Å². The lowest BCUT2D eigenvalue weighted by Crippen LogP contribution is -1.86. The van der Waals surface area contributed by atoms with Gasteiger partial charge in [-0.2, -0.15) is 4.98 Å². The molecule has 0 saturated carbocycles. The van der Waals surface area contributed by atoms with E-state index in [1.54, 1.807) is 11.8 Å². The standard InChI is InChI=1S/C9H9N3OS/c10-9-11-8(12-13-9)6-14-7-4-2-1-3-5-7/h1-5H,6H2,(H2,10,11,12). The highest BCUT2D eigenvalue weighted by Crippen LogP contribution is 2.20. The molecule has 4 nitrogen and oxygen atoms in total. The number of nitrogens with two attached hydrogens (primary N) is 1. The third-order valence-corrected chi connectivity index (χ3v) is 2.60. The molecular weight excluding hydrogens is 198 g/mol. The van der Waals surface area contributed by atoms with E-state index in [0.717, 1.165) is 0 Å². The first kappa shape index (κ1) is 9.08. The molecule has 1 aromatic heterocycles. The number of benzene rings is 1. The largest absolute Gasteiger partial charge is 0.351 e. The molecule has 0 unspecified atom stereocenters. The minimum absolute atomic E-state index is 0.119. The van der Waals surface area contributed by atoms with E-state index in [1.165, 1.54) is 4.90 Å². The fourth-order valence-electron chi connectivity index (χ4n) is 0.991. The molecule has 0 aliphatic carbocycles. The van der Waals surface area contributed by atoms with Gasteiger partial charge in [-0.05, 0) is 12.1 Å². The van der Waals surface area contributed by atoms with E-state index in [1.807, 2.05) is 30.3 Å². The zero-order valence-electron chi connectivity index (χ0n) is 7.38. The molecule has 0 atom stereocenters. The second kappa shape index (κ2) is 4.15. The van der Waals surface area contributed by atoms with E-state index < -0.39 is 0 Å². The van der Waals surface area contributed by atoms with E-state index >= 15 is 0 Å². The van der Waals surface area contributed by atoms with Crippen molar-refractivity contribution in [1.82, 2.24) is 10.1 Å². The number of nitrogens with zero attached hydrogens (tertiary/aromatic N) is 2. The van der Waals surface area contributed by atoms with Gasteiger partial charge < -0.3 is 10.3 Å². The number of anilines is 1. The van der Waals surface area contributed by atoms with Crippen LogP contribution in [0.25, 0.3) is 0 Å². The number of hydrogen-bond acceptors (Lipinski definition) is 5. The average Bonchev–Trinajstić information content (AvgIpc) is 2.63. The molecule has 0 spiro atoms. The van der Waals surface area contributed by atoms with Gasteiger partial charge in [0.1, 0.15) is 0 Å². The summed E-state index contributed by atoms with van der Waals surface area (Å²) in [5, 5.41) is 3.70. The van der Waals surface area contributed by atoms with Crippen molar-refractivity contribution in [2.24, 2.45) is 0 Å². The normalized spacial score (nSPS) is 10.3. The van der Waals surface area contributed by atoms with E-state index in [2.05, 4.69) is 14.7 Å². The van der Waals surface area contributed by atoms with Crippen molar-refractivity contribution in [1.29, 1.82) is 0 Å². The zero-order chi connectivity index (χ0) is 9.80. The molecule has 2 N–H and O–H groups in total. The van der Waals surface area contributed by atoms with Crippen LogP contribution in [0.1, 0.15) is 5.82 Å². The maximum Gasteiger partial charge on any atom is 0.318 e. The summed E-state index contributed by atoms with van der Waals surface area (Å²) >= 11 is 1.65. The first-order valence-electron chi connectivity index (χ1n) is 4.10. The van der Waals surface area contributed by atoms with E-state index in [0.29, 0.717) is 11.6 Å². The quantitative estimate of drug-likeness (QED) is 0.779. The van der Waals surface area contributed by atoms with Crippen molar-refractivity contribution in [2.45, 2.75) is 10.6 Å². The molecule has 0 radical (unpaired) electrons. The van der Waals surface area contributed by atoms with Gasteiger partial charge in [-0.25, -0.2) is 0 Å². The van der Waals surface area contributed by atoms with Gasteiger partial charge in [-0.15, -0.1) is 11.8 Å². The van der Waals surface area contributed by atoms with Crippen LogP contribution in [0, 0.1) is 0 Å². The van der Waals surface area contributed by atoms with Crippen LogP contribution < -0.4 is 5.73 Å². The third-order valence-electron chi connectivity index (χ3n) is 1.59. The predicted octanol–water partition coefficient (Wildman–Crippen LogP) is 1.94. The third kappa shape index (κ3) is 2.26. The van der Waals surface area contributed by atoms with Crippen LogP contribution in [-0.4, -0.2) is 10.1 Å². The smallest absolute Gasteiger partial charge is 0.318 e. The molecule has 0 bridgehead atoms. The average molecular weight is 207 g/mol. The summed E-state index contributed by atoms with van der Waals surface area (Å²) in [5.41, 5.74) is 5.30. The van der Waals surface area contributed by atoms with Crippen molar-refractivity contribution in [3.63, 3.8) is 0 Å². The lowest BCUT2D eigenvalue weighted by Gasteiger charge is -1.95. The molecule has 14 heavy (non-hydrogen) atoms. The summed E-state index contributed by atoms with van der Waals surface area (Å²) in [4.78, 5) is 5.08. The first-order valence-corrected chi connectivity index (χ1v) is 5.09. The van der Waals surface area contributed by atoms with Crippen molar-refractivity contribution in [3.8, 4) is 0 Å². The van der Waals surface area contributed by atoms with Gasteiger partial charge in [0, 0.05) is 4.90 Å². The second-order valence-corrected chi connectivity index (χ2v) is 3.70. The summed E-state index contributed by atoms with van der Waals surface area (Å²) in [5.74, 6) is 1.29. The Balaban J connectivity index is 1.95. The highest BCUT2D eigenvalue weighted by atomic mass is 32.2. The number of hydrogen-bond donors (Lipinski definition) is 1. The molecule has 1 heterocycles. The number of nitrogen functional groups attached to an aromatic ring is 1. The monoisotopic (exact) mass is 207 g/mol. The molecule has 5 heteroatoms. The second-order valence-electron chi connectivity index (χ2n) is 2.65. The lowest BCUT2D eigenvalue weighted by atomic mass is 10.4. The Bertz CT molecular complexity index is 401. The Labute approximate surface area is 85.5 Å². The maximum absolute atomic E-state index is 5.30. The summed E-state index contributed by atoms with van der Waals surface area (Å²) in [6, 6.07) is 10.2. The summed E-state index contributed by atoms with van der Waals surface area (Å²) < 4.78 is 4.66. The fourth-order valence-corrected chi connectivity index (χ4v) is 1.75. The van der Waals surface area contributed by atoms with Gasteiger partial charge in [-0.1, -0.05) is 23.4 Å². The molecule has 0 aliphatic rings. The van der Waals surface area contributed by atoms with Gasteiger partial charge in [0.05, 0.1) is 5.75 Å². The Morgan fingerprint density at radius 1 is 1.29 bits per heavy atom. The predicted molar refractivity (Wildman–Crippen MR) is 54.7 cm³/mol. The molecule has 2 aromatic rings. The first-order chi connectivity index (χ1) is 6.84. The van der Waals surface area contributed by atoms with E-state index in [4.69, 9.17) is 5.73 Å². The highest BCUT2D eigenvalue weighted by Gasteiger charge is 2.02. The minimum atomic E-state index is 0.119. The zero-order valence-corrected chi connectivity index (χ0v) is 8.20. The van der Waals surface area contributed by atoms with Crippen LogP contribution in [0.15, 0.2) is 39.8 Å². The fraction of sp³-hybridized carbons (Fsp3) is 0.111.